The summed E-state index contributed by atoms with van der Waals surface area (Å²) in [5.41, 5.74) is 5.89. The van der Waals surface area contributed by atoms with Crippen LogP contribution in [0.5, 0.6) is 5.88 Å². The molecule has 0 saturated heterocycles. The second-order valence-corrected chi connectivity index (χ2v) is 16.8. The Hall–Kier alpha value is -4.06. The number of guanidine groups is 1. The van der Waals surface area contributed by atoms with Crippen molar-refractivity contribution in [3.05, 3.63) is 101 Å². The number of aliphatic imine (C=N–C) groups is 1. The van der Waals surface area contributed by atoms with E-state index in [1.54, 1.807) is 18.3 Å². The largest absolute Gasteiger partial charge is 0.480 e. The minimum absolute atomic E-state index is 0.0465. The molecule has 3 aromatic rings. The molecule has 1 aromatic heterocycles. The zero-order chi connectivity index (χ0) is 31.4. The van der Waals surface area contributed by atoms with Gasteiger partial charge < -0.3 is 19.8 Å². The second kappa shape index (κ2) is 12.9. The maximum absolute atomic E-state index is 12.4. The number of nitrogens with one attached hydrogen (secondary N) is 2. The zero-order valence-electron chi connectivity index (χ0n) is 25.8. The fourth-order valence-electron chi connectivity index (χ4n) is 6.82. The number of hydrogen-bond donors (Lipinski definition) is 3. The molecule has 0 spiro atoms. The number of methoxy groups -OCH3 is 1. The van der Waals surface area contributed by atoms with Gasteiger partial charge >= 0.3 is 5.70 Å². The normalized spacial score (nSPS) is 22.3. The van der Waals surface area contributed by atoms with Crippen LogP contribution in [-0.4, -0.2) is 43.6 Å². The molecule has 5 rings (SSSR count). The highest BCUT2D eigenvalue weighted by Gasteiger charge is 2.54. The van der Waals surface area contributed by atoms with E-state index in [1.807, 2.05) is 12.1 Å². The Morgan fingerprint density at radius 1 is 1.05 bits per heavy atom. The summed E-state index contributed by atoms with van der Waals surface area (Å²) >= 11 is 0. The minimum atomic E-state index is -2.82. The lowest BCUT2D eigenvalue weighted by Crippen LogP contribution is -2.67. The van der Waals surface area contributed by atoms with E-state index >= 15 is 0 Å². The summed E-state index contributed by atoms with van der Waals surface area (Å²) in [5.74, 6) is 0.301. The highest BCUT2D eigenvalue weighted by Crippen LogP contribution is 2.43. The van der Waals surface area contributed by atoms with E-state index in [0.717, 1.165) is 19.3 Å². The third-order valence-corrected chi connectivity index (χ3v) is 13.9. The summed E-state index contributed by atoms with van der Waals surface area (Å²) in [6.45, 7) is 7.16. The van der Waals surface area contributed by atoms with Crippen molar-refractivity contribution in [3.8, 4) is 5.88 Å². The van der Waals surface area contributed by atoms with Crippen molar-refractivity contribution in [1.82, 2.24) is 10.3 Å². The summed E-state index contributed by atoms with van der Waals surface area (Å²) in [5, 5.41) is 20.7. The topological polar surface area (TPSA) is 137 Å². The Morgan fingerprint density at radius 3 is 2.27 bits per heavy atom. The maximum Gasteiger partial charge on any atom is 0.304 e. The summed E-state index contributed by atoms with van der Waals surface area (Å²) < 4.78 is 12.7. The first-order valence-corrected chi connectivity index (χ1v) is 17.0. The highest BCUT2D eigenvalue weighted by atomic mass is 28.4. The molecule has 0 radical (unpaired) electrons. The molecule has 2 aromatic carbocycles. The van der Waals surface area contributed by atoms with Gasteiger partial charge in [-0.05, 0) is 46.3 Å². The van der Waals surface area contributed by atoms with Crippen molar-refractivity contribution >= 4 is 30.3 Å². The van der Waals surface area contributed by atoms with Crippen LogP contribution in [0.1, 0.15) is 46.5 Å². The number of nitro groups is 1. The number of rotatable bonds is 9. The Kier molecular flexibility index (Phi) is 9.19. The van der Waals surface area contributed by atoms with Gasteiger partial charge in [0.25, 0.3) is 8.32 Å². The van der Waals surface area contributed by atoms with Crippen LogP contribution < -0.4 is 31.5 Å². The molecule has 3 atom stereocenters. The number of pyridine rings is 1. The number of benzene rings is 2. The van der Waals surface area contributed by atoms with E-state index < -0.39 is 18.9 Å². The summed E-state index contributed by atoms with van der Waals surface area (Å²) in [6.07, 6.45) is 6.42. The molecule has 2 heterocycles. The molecule has 0 bridgehead atoms. The SMILES string of the molecule is COc1ncccc1NC1=NC(N)([C@@H]2CCCC[C@@H]2CO[Si](c2ccccc2)(c2ccccc2)C(C)(C)C)C([N+](=O)[O-])=CN1. The molecule has 4 N–H and O–H groups in total. The van der Waals surface area contributed by atoms with Gasteiger partial charge in [-0.1, -0.05) is 94.3 Å². The van der Waals surface area contributed by atoms with Crippen LogP contribution in [0.4, 0.5) is 5.69 Å². The number of aromatic nitrogens is 1. The van der Waals surface area contributed by atoms with Crippen molar-refractivity contribution in [3.63, 3.8) is 0 Å². The molecule has 2 aliphatic rings. The first-order chi connectivity index (χ1) is 21.1. The smallest absolute Gasteiger partial charge is 0.304 e. The van der Waals surface area contributed by atoms with Crippen LogP contribution in [0.25, 0.3) is 0 Å². The standard InChI is InChI=1S/C33H42N6O4Si/c1-32(2,3)44(25-15-7-5-8-16-25,26-17-9-6-10-18-26)43-23-24-14-11-12-19-27(24)33(34)29(39(40)41)22-36-31(38-33)37-28-20-13-21-35-30(28)42-4/h5-10,13,15-18,20-22,24,27H,11-12,14,19,23,34H2,1-4H3,(H2,36,37,38)/t24-,27-,33?/m1/s1. The van der Waals surface area contributed by atoms with Gasteiger partial charge in [-0.15, -0.1) is 0 Å². The predicted molar refractivity (Wildman–Crippen MR) is 176 cm³/mol. The Morgan fingerprint density at radius 2 is 1.68 bits per heavy atom. The number of anilines is 1. The van der Waals surface area contributed by atoms with Crippen LogP contribution in [0, 0.1) is 22.0 Å². The molecule has 232 valence electrons. The lowest BCUT2D eigenvalue weighted by atomic mass is 9.71. The predicted octanol–water partition coefficient (Wildman–Crippen LogP) is 4.62. The number of nitrogens with two attached hydrogens (primary N) is 1. The minimum Gasteiger partial charge on any atom is -0.480 e. The third kappa shape index (κ3) is 5.99. The fourth-order valence-corrected chi connectivity index (χ4v) is 11.4. The Bertz CT molecular complexity index is 1470. The summed E-state index contributed by atoms with van der Waals surface area (Å²) in [7, 11) is -1.29. The summed E-state index contributed by atoms with van der Waals surface area (Å²) in [6, 6.07) is 24.6. The average molecular weight is 615 g/mol. The lowest BCUT2D eigenvalue weighted by Gasteiger charge is -2.46. The van der Waals surface area contributed by atoms with Crippen LogP contribution in [0.3, 0.4) is 0 Å². The first-order valence-electron chi connectivity index (χ1n) is 15.1. The second-order valence-electron chi connectivity index (χ2n) is 12.5. The van der Waals surface area contributed by atoms with Crippen molar-refractivity contribution in [2.24, 2.45) is 22.6 Å². The van der Waals surface area contributed by atoms with Gasteiger partial charge in [-0.3, -0.25) is 15.8 Å². The number of ether oxygens (including phenoxy) is 1. The monoisotopic (exact) mass is 614 g/mol. The average Bonchev–Trinajstić information content (AvgIpc) is 3.02. The Balaban J connectivity index is 1.52. The van der Waals surface area contributed by atoms with Gasteiger partial charge in [0.15, 0.2) is 0 Å². The molecular formula is C33H42N6O4Si. The molecule has 0 amide bonds. The van der Waals surface area contributed by atoms with E-state index in [2.05, 4.69) is 84.9 Å². The van der Waals surface area contributed by atoms with Gasteiger partial charge in [0.05, 0.1) is 18.2 Å². The molecular weight excluding hydrogens is 572 g/mol. The first kappa shape index (κ1) is 31.4. The van der Waals surface area contributed by atoms with E-state index in [9.17, 15) is 10.1 Å². The molecule has 44 heavy (non-hydrogen) atoms. The van der Waals surface area contributed by atoms with E-state index in [4.69, 9.17) is 19.9 Å². The van der Waals surface area contributed by atoms with E-state index in [-0.39, 0.29) is 22.6 Å². The molecule has 1 fully saturated rings. The van der Waals surface area contributed by atoms with Crippen molar-refractivity contribution in [2.45, 2.75) is 57.2 Å². The third-order valence-electron chi connectivity index (χ3n) is 8.87. The number of hydrogen-bond acceptors (Lipinski definition) is 9. The van der Waals surface area contributed by atoms with Crippen LogP contribution >= 0.6 is 0 Å². The van der Waals surface area contributed by atoms with Crippen LogP contribution in [0.2, 0.25) is 5.04 Å². The van der Waals surface area contributed by atoms with Gasteiger partial charge in [0.1, 0.15) is 5.69 Å². The highest BCUT2D eigenvalue weighted by molar-refractivity contribution is 6.99. The van der Waals surface area contributed by atoms with Crippen molar-refractivity contribution < 1.29 is 14.1 Å². The molecule has 1 saturated carbocycles. The molecule has 1 unspecified atom stereocenters. The molecule has 10 nitrogen and oxygen atoms in total. The number of nitrogens with zero attached hydrogens (tertiary/aromatic N) is 3. The molecule has 1 aliphatic carbocycles. The van der Waals surface area contributed by atoms with Crippen LogP contribution in [0.15, 0.2) is 95.9 Å². The van der Waals surface area contributed by atoms with Crippen molar-refractivity contribution in [1.29, 1.82) is 0 Å². The summed E-state index contributed by atoms with van der Waals surface area (Å²) in [4.78, 5) is 21.0. The van der Waals surface area contributed by atoms with Gasteiger partial charge in [0.2, 0.25) is 17.5 Å². The Labute approximate surface area is 260 Å². The van der Waals surface area contributed by atoms with E-state index in [1.165, 1.54) is 23.7 Å². The quantitative estimate of drug-likeness (QED) is 0.181. The van der Waals surface area contributed by atoms with Gasteiger partial charge in [-0.25, -0.2) is 9.98 Å². The van der Waals surface area contributed by atoms with Gasteiger partial charge in [-0.2, -0.15) is 0 Å². The molecule has 11 heteroatoms. The lowest BCUT2D eigenvalue weighted by molar-refractivity contribution is -0.438. The molecule has 1 aliphatic heterocycles. The maximum atomic E-state index is 12.4. The van der Waals surface area contributed by atoms with Crippen molar-refractivity contribution in [2.75, 3.05) is 19.0 Å². The van der Waals surface area contributed by atoms with Crippen LogP contribution in [-0.2, 0) is 4.43 Å². The van der Waals surface area contributed by atoms with Gasteiger partial charge in [0, 0.05) is 18.7 Å². The zero-order valence-corrected chi connectivity index (χ0v) is 26.8. The fraction of sp³-hybridized carbons (Fsp3) is 0.394. The van der Waals surface area contributed by atoms with E-state index in [0.29, 0.717) is 30.6 Å².